The maximum Gasteiger partial charge on any atom is 0.155 e. The summed E-state index contributed by atoms with van der Waals surface area (Å²) in [6, 6.07) is 0. The number of hydrogen-bond donors (Lipinski definition) is 0. The van der Waals surface area contributed by atoms with Crippen LogP contribution in [0.25, 0.3) is 0 Å². The van der Waals surface area contributed by atoms with E-state index < -0.39 is 0 Å². The number of fused-ring (bicyclic) bond motifs is 5. The van der Waals surface area contributed by atoms with E-state index in [1.807, 2.05) is 6.08 Å². The Hall–Kier alpha value is -1.22. The number of allylic oxidation sites excluding steroid dienone is 4. The summed E-state index contributed by atoms with van der Waals surface area (Å²) in [5.74, 6) is 1.87. The largest absolute Gasteiger partial charge is 0.309 e. The summed E-state index contributed by atoms with van der Waals surface area (Å²) in [6.07, 6.45) is 12.1. The third-order valence-corrected chi connectivity index (χ3v) is 7.78. The monoisotopic (exact) mass is 341 g/mol. The zero-order chi connectivity index (χ0) is 17.8. The van der Waals surface area contributed by atoms with E-state index >= 15 is 0 Å². The Morgan fingerprint density at radius 1 is 1.16 bits per heavy atom. The van der Waals surface area contributed by atoms with Crippen LogP contribution in [0.5, 0.6) is 0 Å². The number of carbonyl (C=O) groups excluding carboxylic acids is 2. The summed E-state index contributed by atoms with van der Waals surface area (Å²) in [5.41, 5.74) is 2.95. The first-order valence-electron chi connectivity index (χ1n) is 9.99. The molecule has 3 heteroatoms. The Morgan fingerprint density at radius 3 is 2.72 bits per heavy atom. The molecular formula is C22H31NO2. The highest BCUT2D eigenvalue weighted by Gasteiger charge is 2.56. The molecule has 4 rings (SSSR count). The molecule has 0 aromatic carbocycles. The summed E-state index contributed by atoms with van der Waals surface area (Å²) < 4.78 is 0. The molecule has 0 saturated heterocycles. The van der Waals surface area contributed by atoms with Gasteiger partial charge in [0, 0.05) is 23.7 Å². The number of hydrogen-bond acceptors (Lipinski definition) is 3. The van der Waals surface area contributed by atoms with E-state index in [2.05, 4.69) is 32.0 Å². The molecular weight excluding hydrogens is 310 g/mol. The van der Waals surface area contributed by atoms with Crippen LogP contribution in [0.3, 0.4) is 0 Å². The molecule has 0 heterocycles. The van der Waals surface area contributed by atoms with Gasteiger partial charge in [-0.2, -0.15) is 0 Å². The molecule has 0 N–H and O–H groups in total. The molecule has 0 spiro atoms. The highest BCUT2D eigenvalue weighted by atomic mass is 16.1. The fourth-order valence-electron chi connectivity index (χ4n) is 6.30. The third-order valence-electron chi connectivity index (χ3n) is 7.78. The standard InChI is InChI=1S/C22H31NO2/c1-21-10-9-19-17(18(21)6-7-20(21)25)5-4-15-14-16(24)8-11-22(15,19)12-13-23(2)3/h9,14,17-18H,4-8,10-13H2,1-3H3/t17?,18?,21-,22+/m0/s1. The van der Waals surface area contributed by atoms with Gasteiger partial charge >= 0.3 is 0 Å². The zero-order valence-electron chi connectivity index (χ0n) is 15.9. The van der Waals surface area contributed by atoms with Crippen LogP contribution in [0, 0.1) is 22.7 Å². The van der Waals surface area contributed by atoms with Gasteiger partial charge in [0.1, 0.15) is 5.78 Å². The lowest BCUT2D eigenvalue weighted by Crippen LogP contribution is -2.46. The van der Waals surface area contributed by atoms with Crippen LogP contribution < -0.4 is 0 Å². The van der Waals surface area contributed by atoms with Crippen molar-refractivity contribution < 1.29 is 9.59 Å². The smallest absolute Gasteiger partial charge is 0.155 e. The van der Waals surface area contributed by atoms with Crippen LogP contribution >= 0.6 is 0 Å². The Labute approximate surface area is 151 Å². The predicted octanol–water partition coefficient (Wildman–Crippen LogP) is 3.94. The zero-order valence-corrected chi connectivity index (χ0v) is 15.9. The average Bonchev–Trinajstić information content (AvgIpc) is 2.88. The summed E-state index contributed by atoms with van der Waals surface area (Å²) >= 11 is 0. The Balaban J connectivity index is 1.76. The lowest BCUT2D eigenvalue weighted by molar-refractivity contribution is -0.127. The first-order chi connectivity index (χ1) is 11.9. The first kappa shape index (κ1) is 17.2. The molecule has 4 atom stereocenters. The van der Waals surface area contributed by atoms with Gasteiger partial charge in [0.25, 0.3) is 0 Å². The van der Waals surface area contributed by atoms with Crippen molar-refractivity contribution in [2.45, 2.75) is 58.3 Å². The number of rotatable bonds is 3. The lowest BCUT2D eigenvalue weighted by atomic mass is 9.50. The number of carbonyl (C=O) groups is 2. The van der Waals surface area contributed by atoms with E-state index in [1.165, 1.54) is 5.57 Å². The minimum atomic E-state index is -0.122. The van der Waals surface area contributed by atoms with Crippen LogP contribution in [-0.2, 0) is 9.59 Å². The van der Waals surface area contributed by atoms with Gasteiger partial charge in [-0.3, -0.25) is 9.59 Å². The fourth-order valence-corrected chi connectivity index (χ4v) is 6.30. The van der Waals surface area contributed by atoms with Crippen molar-refractivity contribution in [1.29, 1.82) is 0 Å². The molecule has 0 aromatic rings. The second-order valence-corrected chi connectivity index (χ2v) is 9.27. The van der Waals surface area contributed by atoms with Gasteiger partial charge in [-0.1, -0.05) is 24.1 Å². The molecule has 4 aliphatic rings. The highest BCUT2D eigenvalue weighted by Crippen LogP contribution is 2.63. The minimum absolute atomic E-state index is 0.0913. The van der Waals surface area contributed by atoms with Gasteiger partial charge < -0.3 is 4.90 Å². The van der Waals surface area contributed by atoms with E-state index in [9.17, 15) is 9.59 Å². The Morgan fingerprint density at radius 2 is 1.96 bits per heavy atom. The van der Waals surface area contributed by atoms with Crippen molar-refractivity contribution in [2.75, 3.05) is 20.6 Å². The van der Waals surface area contributed by atoms with Crippen LogP contribution in [0.2, 0.25) is 0 Å². The van der Waals surface area contributed by atoms with Gasteiger partial charge in [0.15, 0.2) is 5.78 Å². The Bertz CT molecular complexity index is 674. The quantitative estimate of drug-likeness (QED) is 0.730. The molecule has 4 aliphatic carbocycles. The van der Waals surface area contributed by atoms with Gasteiger partial charge in [-0.05, 0) is 77.1 Å². The van der Waals surface area contributed by atoms with Crippen molar-refractivity contribution in [3.8, 4) is 0 Å². The molecule has 3 nitrogen and oxygen atoms in total. The fraction of sp³-hybridized carbons (Fsp3) is 0.727. The minimum Gasteiger partial charge on any atom is -0.309 e. The van der Waals surface area contributed by atoms with E-state index in [1.54, 1.807) is 5.57 Å². The van der Waals surface area contributed by atoms with Gasteiger partial charge in [0.2, 0.25) is 0 Å². The maximum atomic E-state index is 12.5. The van der Waals surface area contributed by atoms with Crippen molar-refractivity contribution >= 4 is 11.6 Å². The molecule has 0 radical (unpaired) electrons. The SMILES string of the molecule is CN(C)CC[C@]12CCC(=O)C=C1CCC1C2=CC[C@]2(C)C(=O)CCC12. The van der Waals surface area contributed by atoms with Crippen LogP contribution in [0.1, 0.15) is 58.3 Å². The lowest BCUT2D eigenvalue weighted by Gasteiger charge is -2.53. The maximum absolute atomic E-state index is 12.5. The first-order valence-corrected chi connectivity index (χ1v) is 9.99. The molecule has 2 unspecified atom stereocenters. The number of Topliss-reactive ketones (excluding diaryl/α,β-unsaturated/α-hetero) is 1. The van der Waals surface area contributed by atoms with Crippen molar-refractivity contribution in [1.82, 2.24) is 4.90 Å². The average molecular weight is 341 g/mol. The molecule has 136 valence electrons. The normalized spacial score (nSPS) is 40.3. The van der Waals surface area contributed by atoms with Crippen LogP contribution in [0.15, 0.2) is 23.3 Å². The molecule has 0 bridgehead atoms. The van der Waals surface area contributed by atoms with Crippen molar-refractivity contribution in [3.05, 3.63) is 23.3 Å². The van der Waals surface area contributed by atoms with Crippen molar-refractivity contribution in [2.24, 2.45) is 22.7 Å². The molecule has 0 aromatic heterocycles. The van der Waals surface area contributed by atoms with Crippen LogP contribution in [-0.4, -0.2) is 37.1 Å². The topological polar surface area (TPSA) is 37.4 Å². The van der Waals surface area contributed by atoms with E-state index in [4.69, 9.17) is 0 Å². The van der Waals surface area contributed by atoms with Gasteiger partial charge in [0.05, 0.1) is 0 Å². The molecule has 2 saturated carbocycles. The third kappa shape index (κ3) is 2.50. The summed E-state index contributed by atoms with van der Waals surface area (Å²) in [4.78, 5) is 26.9. The van der Waals surface area contributed by atoms with Crippen molar-refractivity contribution in [3.63, 3.8) is 0 Å². The summed E-state index contributed by atoms with van der Waals surface area (Å²) in [5, 5.41) is 0. The second kappa shape index (κ2) is 5.90. The highest BCUT2D eigenvalue weighted by molar-refractivity contribution is 5.92. The van der Waals surface area contributed by atoms with Gasteiger partial charge in [-0.15, -0.1) is 0 Å². The van der Waals surface area contributed by atoms with Crippen LogP contribution in [0.4, 0.5) is 0 Å². The number of ketones is 2. The Kier molecular flexibility index (Phi) is 4.06. The van der Waals surface area contributed by atoms with E-state index in [0.717, 1.165) is 51.5 Å². The predicted molar refractivity (Wildman–Crippen MR) is 99.2 cm³/mol. The van der Waals surface area contributed by atoms with Gasteiger partial charge in [-0.25, -0.2) is 0 Å². The van der Waals surface area contributed by atoms with E-state index in [-0.39, 0.29) is 10.8 Å². The van der Waals surface area contributed by atoms with E-state index in [0.29, 0.717) is 29.8 Å². The molecule has 0 aliphatic heterocycles. The molecule has 2 fully saturated rings. The molecule has 25 heavy (non-hydrogen) atoms. The molecule has 0 amide bonds. The second-order valence-electron chi connectivity index (χ2n) is 9.27. The summed E-state index contributed by atoms with van der Waals surface area (Å²) in [6.45, 7) is 3.26. The number of nitrogens with zero attached hydrogens (tertiary/aromatic N) is 1. The summed E-state index contributed by atoms with van der Waals surface area (Å²) in [7, 11) is 4.27.